The number of ether oxygens (including phenoxy) is 2. The molecule has 0 saturated carbocycles. The summed E-state index contributed by atoms with van der Waals surface area (Å²) < 4.78 is 11.4. The maximum atomic E-state index is 13.6. The first kappa shape index (κ1) is 24.2. The fourth-order valence-corrected chi connectivity index (χ4v) is 4.54. The number of methoxy groups -OCH3 is 1. The molecule has 2 aromatic heterocycles. The van der Waals surface area contributed by atoms with Crippen molar-refractivity contribution in [2.45, 2.75) is 24.9 Å². The largest absolute Gasteiger partial charge is 0.493 e. The lowest BCUT2D eigenvalue weighted by Gasteiger charge is -2.42. The van der Waals surface area contributed by atoms with Gasteiger partial charge in [-0.15, -0.1) is 0 Å². The first-order valence-corrected chi connectivity index (χ1v) is 11.6. The fourth-order valence-electron chi connectivity index (χ4n) is 4.54. The van der Waals surface area contributed by atoms with Crippen LogP contribution in [-0.4, -0.2) is 65.9 Å². The second kappa shape index (κ2) is 10.5. The Balaban J connectivity index is 1.60. The number of aromatic nitrogens is 2. The smallest absolute Gasteiger partial charge is 0.254 e. The molecule has 1 aromatic carbocycles. The van der Waals surface area contributed by atoms with Crippen LogP contribution in [0.25, 0.3) is 0 Å². The summed E-state index contributed by atoms with van der Waals surface area (Å²) in [7, 11) is 5.04. The summed E-state index contributed by atoms with van der Waals surface area (Å²) in [5.74, 6) is 0.771. The van der Waals surface area contributed by atoms with E-state index in [1.807, 2.05) is 36.4 Å². The Bertz CT molecular complexity index is 1170. The van der Waals surface area contributed by atoms with Gasteiger partial charge < -0.3 is 19.3 Å². The number of hydrogen-bond donors (Lipinski definition) is 0. The summed E-state index contributed by atoms with van der Waals surface area (Å²) >= 11 is 0. The van der Waals surface area contributed by atoms with Crippen LogP contribution in [0.3, 0.4) is 0 Å². The lowest BCUT2D eigenvalue weighted by Crippen LogP contribution is -2.56. The molecule has 0 aliphatic carbocycles. The Hall–Kier alpha value is -3.94. The molecular weight excluding hydrogens is 444 g/mol. The number of carbonyl (C=O) groups excluding carboxylic acids is 2. The van der Waals surface area contributed by atoms with Crippen molar-refractivity contribution in [3.63, 3.8) is 0 Å². The van der Waals surface area contributed by atoms with Gasteiger partial charge in [0, 0.05) is 45.1 Å². The zero-order chi connectivity index (χ0) is 24.8. The zero-order valence-electron chi connectivity index (χ0n) is 20.3. The highest BCUT2D eigenvalue weighted by Crippen LogP contribution is 2.36. The van der Waals surface area contributed by atoms with Crippen molar-refractivity contribution in [3.05, 3.63) is 83.9 Å². The minimum absolute atomic E-state index is 0.0529. The monoisotopic (exact) mass is 474 g/mol. The van der Waals surface area contributed by atoms with Crippen LogP contribution in [0.2, 0.25) is 0 Å². The van der Waals surface area contributed by atoms with Crippen LogP contribution < -0.4 is 9.47 Å². The van der Waals surface area contributed by atoms with Crippen LogP contribution in [0.4, 0.5) is 0 Å². The molecule has 1 atom stereocenters. The normalized spacial score (nSPS) is 17.5. The summed E-state index contributed by atoms with van der Waals surface area (Å²) in [6.07, 6.45) is 4.72. The van der Waals surface area contributed by atoms with Gasteiger partial charge in [0.05, 0.1) is 18.5 Å². The number of pyridine rings is 2. The van der Waals surface area contributed by atoms with E-state index in [1.165, 1.54) is 0 Å². The number of hydrogen-bond acceptors (Lipinski definition) is 6. The summed E-state index contributed by atoms with van der Waals surface area (Å²) in [5.41, 5.74) is 1.04. The van der Waals surface area contributed by atoms with E-state index in [1.54, 1.807) is 61.6 Å². The van der Waals surface area contributed by atoms with Crippen LogP contribution in [0.5, 0.6) is 11.5 Å². The van der Waals surface area contributed by atoms with Crippen LogP contribution in [-0.2, 0) is 16.8 Å². The number of carbonyl (C=O) groups is 2. The van der Waals surface area contributed by atoms with E-state index in [0.29, 0.717) is 42.1 Å². The minimum atomic E-state index is -0.885. The first-order valence-electron chi connectivity index (χ1n) is 11.6. The summed E-state index contributed by atoms with van der Waals surface area (Å²) in [6, 6.07) is 16.3. The molecule has 1 aliphatic rings. The van der Waals surface area contributed by atoms with E-state index in [0.717, 1.165) is 5.69 Å². The minimum Gasteiger partial charge on any atom is -0.493 e. The van der Waals surface area contributed by atoms with Gasteiger partial charge in [0.15, 0.2) is 11.5 Å². The molecular formula is C27H30N4O4. The second-order valence-corrected chi connectivity index (χ2v) is 8.80. The molecule has 2 amide bonds. The molecule has 0 spiro atoms. The molecule has 8 heteroatoms. The molecule has 1 fully saturated rings. The van der Waals surface area contributed by atoms with Gasteiger partial charge in [-0.3, -0.25) is 19.6 Å². The highest BCUT2D eigenvalue weighted by molar-refractivity contribution is 5.96. The standard InChI is InChI=1S/C27H30N4O4/c1-30(2)26(33)27(24-10-5-7-15-29-24)13-8-16-31(19-27)25(32)20-11-12-22(34-3)23(17-20)35-18-21-9-4-6-14-28-21/h4-7,9-12,14-15,17H,8,13,16,18-19H2,1-3H3/t27-/m1/s1. The SMILES string of the molecule is COc1ccc(C(=O)N2CCC[C@](C(=O)N(C)C)(c3ccccn3)C2)cc1OCc1ccccn1. The zero-order valence-corrected chi connectivity index (χ0v) is 20.3. The van der Waals surface area contributed by atoms with Crippen molar-refractivity contribution in [2.75, 3.05) is 34.3 Å². The molecule has 1 aliphatic heterocycles. The Morgan fingerprint density at radius 3 is 2.46 bits per heavy atom. The highest BCUT2D eigenvalue weighted by atomic mass is 16.5. The number of likely N-dealkylation sites (N-methyl/N-ethyl adjacent to an activating group) is 1. The Morgan fingerprint density at radius 2 is 1.80 bits per heavy atom. The average molecular weight is 475 g/mol. The van der Waals surface area contributed by atoms with Gasteiger partial charge in [0.2, 0.25) is 5.91 Å². The van der Waals surface area contributed by atoms with E-state index in [2.05, 4.69) is 9.97 Å². The Morgan fingerprint density at radius 1 is 1.03 bits per heavy atom. The van der Waals surface area contributed by atoms with Gasteiger partial charge in [-0.05, 0) is 55.3 Å². The van der Waals surface area contributed by atoms with E-state index in [-0.39, 0.29) is 25.0 Å². The molecule has 0 bridgehead atoms. The maximum Gasteiger partial charge on any atom is 0.254 e. The lowest BCUT2D eigenvalue weighted by atomic mass is 9.75. The molecule has 4 rings (SSSR count). The van der Waals surface area contributed by atoms with E-state index < -0.39 is 5.41 Å². The molecule has 0 N–H and O–H groups in total. The predicted molar refractivity (Wildman–Crippen MR) is 131 cm³/mol. The van der Waals surface area contributed by atoms with Crippen molar-refractivity contribution in [2.24, 2.45) is 0 Å². The van der Waals surface area contributed by atoms with Crippen molar-refractivity contribution < 1.29 is 19.1 Å². The van der Waals surface area contributed by atoms with Crippen LogP contribution in [0.15, 0.2) is 67.0 Å². The third kappa shape index (κ3) is 5.11. The van der Waals surface area contributed by atoms with Gasteiger partial charge in [-0.1, -0.05) is 12.1 Å². The topological polar surface area (TPSA) is 84.9 Å². The number of piperidine rings is 1. The lowest BCUT2D eigenvalue weighted by molar-refractivity contribution is -0.136. The molecule has 1 saturated heterocycles. The quantitative estimate of drug-likeness (QED) is 0.522. The van der Waals surface area contributed by atoms with Crippen LogP contribution >= 0.6 is 0 Å². The predicted octanol–water partition coefficient (Wildman–Crippen LogP) is 3.33. The first-order chi connectivity index (χ1) is 16.9. The van der Waals surface area contributed by atoms with Crippen LogP contribution in [0, 0.1) is 0 Å². The fraction of sp³-hybridized carbons (Fsp3) is 0.333. The van der Waals surface area contributed by atoms with E-state index in [4.69, 9.17) is 9.47 Å². The van der Waals surface area contributed by atoms with Gasteiger partial charge in [-0.2, -0.15) is 0 Å². The molecule has 8 nitrogen and oxygen atoms in total. The van der Waals surface area contributed by atoms with Gasteiger partial charge >= 0.3 is 0 Å². The van der Waals surface area contributed by atoms with Gasteiger partial charge in [0.25, 0.3) is 5.91 Å². The third-order valence-electron chi connectivity index (χ3n) is 6.26. The number of amides is 2. The third-order valence-corrected chi connectivity index (χ3v) is 6.26. The number of nitrogens with zero attached hydrogens (tertiary/aromatic N) is 4. The molecule has 182 valence electrons. The number of likely N-dealkylation sites (tertiary alicyclic amines) is 1. The van der Waals surface area contributed by atoms with E-state index >= 15 is 0 Å². The molecule has 3 aromatic rings. The molecule has 35 heavy (non-hydrogen) atoms. The molecule has 0 unspecified atom stereocenters. The Labute approximate surface area is 205 Å². The highest BCUT2D eigenvalue weighted by Gasteiger charge is 2.47. The number of benzene rings is 1. The van der Waals surface area contributed by atoms with Crippen molar-refractivity contribution >= 4 is 11.8 Å². The van der Waals surface area contributed by atoms with Gasteiger partial charge in [-0.25, -0.2) is 0 Å². The number of rotatable bonds is 7. The maximum absolute atomic E-state index is 13.6. The Kier molecular flexibility index (Phi) is 7.29. The summed E-state index contributed by atoms with van der Waals surface area (Å²) in [6.45, 7) is 1.07. The molecule has 0 radical (unpaired) electrons. The van der Waals surface area contributed by atoms with Crippen molar-refractivity contribution in [1.29, 1.82) is 0 Å². The summed E-state index contributed by atoms with van der Waals surface area (Å²) in [4.78, 5) is 39.1. The van der Waals surface area contributed by atoms with Crippen molar-refractivity contribution in [3.8, 4) is 11.5 Å². The van der Waals surface area contributed by atoms with Gasteiger partial charge in [0.1, 0.15) is 12.0 Å². The van der Waals surface area contributed by atoms with E-state index in [9.17, 15) is 9.59 Å². The van der Waals surface area contributed by atoms with Crippen molar-refractivity contribution in [1.82, 2.24) is 19.8 Å². The summed E-state index contributed by atoms with van der Waals surface area (Å²) in [5, 5.41) is 0. The average Bonchev–Trinajstić information content (AvgIpc) is 2.91. The van der Waals surface area contributed by atoms with Crippen LogP contribution in [0.1, 0.15) is 34.6 Å². The molecule has 3 heterocycles. The second-order valence-electron chi connectivity index (χ2n) is 8.80.